The molecule has 0 amide bonds. The van der Waals surface area contributed by atoms with E-state index in [-0.39, 0.29) is 17.9 Å². The maximum absolute atomic E-state index is 12.3. The smallest absolute Gasteiger partial charge is 0.338 e. The zero-order valence-corrected chi connectivity index (χ0v) is 16.0. The number of anilines is 1. The summed E-state index contributed by atoms with van der Waals surface area (Å²) in [6, 6.07) is 12.0. The second-order valence-corrected chi connectivity index (χ2v) is 7.73. The van der Waals surface area contributed by atoms with Gasteiger partial charge < -0.3 is 10.1 Å². The van der Waals surface area contributed by atoms with Crippen molar-refractivity contribution < 1.29 is 9.53 Å². The Morgan fingerprint density at radius 3 is 2.72 bits per heavy atom. The average Bonchev–Trinajstić information content (AvgIpc) is 3.11. The molecule has 4 rings (SSSR count). The Kier molecular flexibility index (Phi) is 4.34. The third-order valence-corrected chi connectivity index (χ3v) is 5.95. The molecular formula is C20H17BrClNO2. The van der Waals surface area contributed by atoms with Gasteiger partial charge in [-0.2, -0.15) is 0 Å². The molecule has 1 aliphatic heterocycles. The molecule has 1 heterocycles. The molecule has 128 valence electrons. The number of carbonyl (C=O) groups is 1. The number of methoxy groups -OCH3 is 1. The number of fused-ring (bicyclic) bond motifs is 3. The Hall–Kier alpha value is -1.78. The van der Waals surface area contributed by atoms with Crippen LogP contribution >= 0.6 is 27.5 Å². The number of rotatable bonds is 2. The third-order valence-electron chi connectivity index (χ3n) is 5.10. The summed E-state index contributed by atoms with van der Waals surface area (Å²) in [5, 5.41) is 4.23. The predicted octanol–water partition coefficient (Wildman–Crippen LogP) is 5.72. The van der Waals surface area contributed by atoms with Gasteiger partial charge in [0.15, 0.2) is 0 Å². The second kappa shape index (κ2) is 6.50. The zero-order valence-electron chi connectivity index (χ0n) is 13.6. The van der Waals surface area contributed by atoms with Crippen LogP contribution in [0.15, 0.2) is 53.0 Å². The van der Waals surface area contributed by atoms with Gasteiger partial charge in [-0.05, 0) is 47.7 Å². The summed E-state index contributed by atoms with van der Waals surface area (Å²) < 4.78 is 6.03. The lowest BCUT2D eigenvalue weighted by Crippen LogP contribution is -2.30. The predicted molar refractivity (Wildman–Crippen MR) is 103 cm³/mol. The first-order chi connectivity index (χ1) is 12.1. The number of allylic oxidation sites excluding steroid dienone is 2. The van der Waals surface area contributed by atoms with Gasteiger partial charge in [-0.25, -0.2) is 4.79 Å². The van der Waals surface area contributed by atoms with Crippen molar-refractivity contribution in [2.75, 3.05) is 12.4 Å². The van der Waals surface area contributed by atoms with E-state index < -0.39 is 0 Å². The number of halogens is 2. The van der Waals surface area contributed by atoms with Crippen LogP contribution in [-0.2, 0) is 4.74 Å². The van der Waals surface area contributed by atoms with Gasteiger partial charge in [-0.15, -0.1) is 0 Å². The highest BCUT2D eigenvalue weighted by Crippen LogP contribution is 2.52. The minimum atomic E-state index is -0.323. The van der Waals surface area contributed by atoms with Crippen LogP contribution in [0.5, 0.6) is 0 Å². The fourth-order valence-electron chi connectivity index (χ4n) is 3.96. The molecule has 0 saturated carbocycles. The van der Waals surface area contributed by atoms with Gasteiger partial charge in [0.1, 0.15) is 0 Å². The molecular weight excluding hydrogens is 402 g/mol. The van der Waals surface area contributed by atoms with Crippen molar-refractivity contribution in [3.8, 4) is 0 Å². The van der Waals surface area contributed by atoms with E-state index >= 15 is 0 Å². The molecule has 2 aliphatic rings. The molecule has 0 aromatic heterocycles. The van der Waals surface area contributed by atoms with Gasteiger partial charge in [0.05, 0.1) is 29.4 Å². The minimum absolute atomic E-state index is 0.144. The van der Waals surface area contributed by atoms with Gasteiger partial charge >= 0.3 is 5.97 Å². The van der Waals surface area contributed by atoms with E-state index in [0.717, 1.165) is 22.1 Å². The highest BCUT2D eigenvalue weighted by atomic mass is 79.9. The molecule has 25 heavy (non-hydrogen) atoms. The number of esters is 1. The van der Waals surface area contributed by atoms with E-state index in [1.165, 1.54) is 12.7 Å². The number of benzene rings is 2. The summed E-state index contributed by atoms with van der Waals surface area (Å²) in [7, 11) is 1.41. The van der Waals surface area contributed by atoms with Crippen LogP contribution in [0, 0.1) is 5.92 Å². The Bertz CT molecular complexity index is 863. The van der Waals surface area contributed by atoms with Crippen LogP contribution < -0.4 is 5.32 Å². The Morgan fingerprint density at radius 1 is 1.24 bits per heavy atom. The highest BCUT2D eigenvalue weighted by molar-refractivity contribution is 9.10. The lowest BCUT2D eigenvalue weighted by atomic mass is 9.75. The van der Waals surface area contributed by atoms with Gasteiger partial charge in [-0.1, -0.05) is 51.8 Å². The number of hydrogen-bond donors (Lipinski definition) is 1. The number of hydrogen-bond acceptors (Lipinski definition) is 3. The van der Waals surface area contributed by atoms with E-state index in [2.05, 4.69) is 57.7 Å². The largest absolute Gasteiger partial charge is 0.465 e. The maximum Gasteiger partial charge on any atom is 0.338 e. The van der Waals surface area contributed by atoms with Crippen LogP contribution in [-0.4, -0.2) is 13.1 Å². The second-order valence-electron chi connectivity index (χ2n) is 6.40. The van der Waals surface area contributed by atoms with Crippen LogP contribution in [0.1, 0.15) is 39.9 Å². The Labute approximate surface area is 160 Å². The topological polar surface area (TPSA) is 38.3 Å². The van der Waals surface area contributed by atoms with E-state index in [0.29, 0.717) is 16.5 Å². The lowest BCUT2D eigenvalue weighted by Gasteiger charge is -2.38. The maximum atomic E-state index is 12.3. The first kappa shape index (κ1) is 16.7. The van der Waals surface area contributed by atoms with Crippen molar-refractivity contribution in [2.24, 2.45) is 5.92 Å². The van der Waals surface area contributed by atoms with E-state index in [4.69, 9.17) is 16.3 Å². The molecule has 2 aromatic carbocycles. The van der Waals surface area contributed by atoms with E-state index in [9.17, 15) is 4.79 Å². The molecule has 0 saturated heterocycles. The number of ether oxygens (including phenoxy) is 1. The Morgan fingerprint density at radius 2 is 2.00 bits per heavy atom. The molecule has 0 unspecified atom stereocenters. The van der Waals surface area contributed by atoms with Crippen molar-refractivity contribution in [1.82, 2.24) is 0 Å². The van der Waals surface area contributed by atoms with Gasteiger partial charge in [0.2, 0.25) is 0 Å². The fourth-order valence-corrected chi connectivity index (χ4v) is 4.45. The molecule has 0 radical (unpaired) electrons. The first-order valence-corrected chi connectivity index (χ1v) is 9.36. The minimum Gasteiger partial charge on any atom is -0.465 e. The summed E-state index contributed by atoms with van der Waals surface area (Å²) in [6.45, 7) is 0. The first-order valence-electron chi connectivity index (χ1n) is 8.19. The average molecular weight is 419 g/mol. The summed E-state index contributed by atoms with van der Waals surface area (Å²) in [5.74, 6) is 0.170. The van der Waals surface area contributed by atoms with E-state index in [1.807, 2.05) is 0 Å². The molecule has 0 fully saturated rings. The van der Waals surface area contributed by atoms with Crippen molar-refractivity contribution in [3.63, 3.8) is 0 Å². The van der Waals surface area contributed by atoms with Crippen molar-refractivity contribution in [2.45, 2.75) is 18.4 Å². The van der Waals surface area contributed by atoms with Crippen LogP contribution in [0.3, 0.4) is 0 Å². The highest BCUT2D eigenvalue weighted by Gasteiger charge is 2.40. The standard InChI is InChI=1S/C20H17BrClNO2/c1-25-20(24)15-9-10-16(22)19-17(15)13-3-2-4-14(13)18(23-19)11-5-7-12(21)8-6-11/h2-3,5-10,13-14,18,23H,4H2,1H3/t13-,14+,18+/m1/s1. The van der Waals surface area contributed by atoms with Gasteiger partial charge in [0.25, 0.3) is 0 Å². The molecule has 0 spiro atoms. The quantitative estimate of drug-likeness (QED) is 0.501. The van der Waals surface area contributed by atoms with Crippen LogP contribution in [0.4, 0.5) is 5.69 Å². The van der Waals surface area contributed by atoms with E-state index in [1.54, 1.807) is 12.1 Å². The molecule has 0 bridgehead atoms. The van der Waals surface area contributed by atoms with Crippen LogP contribution in [0.2, 0.25) is 5.02 Å². The van der Waals surface area contributed by atoms with Crippen molar-refractivity contribution >= 4 is 39.2 Å². The third kappa shape index (κ3) is 2.77. The zero-order chi connectivity index (χ0) is 17.6. The molecule has 1 aliphatic carbocycles. The molecule has 3 nitrogen and oxygen atoms in total. The molecule has 2 aromatic rings. The van der Waals surface area contributed by atoms with Crippen molar-refractivity contribution in [3.05, 3.63) is 74.7 Å². The summed E-state index contributed by atoms with van der Waals surface area (Å²) in [6.07, 6.45) is 5.35. The normalized spacial score (nSPS) is 23.6. The fraction of sp³-hybridized carbons (Fsp3) is 0.250. The summed E-state index contributed by atoms with van der Waals surface area (Å²) in [4.78, 5) is 12.3. The monoisotopic (exact) mass is 417 g/mol. The Balaban J connectivity index is 1.85. The number of nitrogens with one attached hydrogen (secondary N) is 1. The SMILES string of the molecule is COC(=O)c1ccc(Cl)c2c1[C@@H]1C=CC[C@@H]1[C@H](c1ccc(Br)cc1)N2. The molecule has 3 atom stereocenters. The lowest BCUT2D eigenvalue weighted by molar-refractivity contribution is 0.0598. The molecule has 1 N–H and O–H groups in total. The van der Waals surface area contributed by atoms with Gasteiger partial charge in [-0.3, -0.25) is 0 Å². The van der Waals surface area contributed by atoms with Crippen LogP contribution in [0.25, 0.3) is 0 Å². The van der Waals surface area contributed by atoms with Gasteiger partial charge in [0, 0.05) is 10.4 Å². The van der Waals surface area contributed by atoms with Crippen molar-refractivity contribution in [1.29, 1.82) is 0 Å². The summed E-state index contributed by atoms with van der Waals surface area (Å²) >= 11 is 9.98. The summed E-state index contributed by atoms with van der Waals surface area (Å²) in [5.41, 5.74) is 3.59. The number of carbonyl (C=O) groups excluding carboxylic acids is 1. The molecule has 5 heteroatoms.